The molecule has 15 atom stereocenters. The average Bonchev–Trinajstić information content (AvgIpc) is 3.14. The molecule has 12 N–H and O–H groups in total. The second-order valence-electron chi connectivity index (χ2n) is 12.9. The number of phenols is 1. The maximum atomic E-state index is 14.0. The van der Waals surface area contributed by atoms with E-state index in [1.807, 2.05) is 0 Å². The largest absolute Gasteiger partial charge is 0.507 e. The van der Waals surface area contributed by atoms with Crippen molar-refractivity contribution in [2.24, 2.45) is 0 Å². The quantitative estimate of drug-likeness (QED) is 0.0983. The molecule has 1 aromatic heterocycles. The van der Waals surface area contributed by atoms with Crippen LogP contribution >= 0.6 is 0 Å². The van der Waals surface area contributed by atoms with E-state index in [1.54, 1.807) is 0 Å². The van der Waals surface area contributed by atoms with E-state index in [0.29, 0.717) is 0 Å². The normalized spacial score (nSPS) is 37.7. The van der Waals surface area contributed by atoms with Gasteiger partial charge in [0.2, 0.25) is 30.0 Å². The zero-order valence-corrected chi connectivity index (χ0v) is 27.7. The lowest BCUT2D eigenvalue weighted by atomic mass is 9.99. The van der Waals surface area contributed by atoms with E-state index >= 15 is 0 Å². The van der Waals surface area contributed by atoms with Crippen LogP contribution in [0.5, 0.6) is 23.0 Å². The van der Waals surface area contributed by atoms with Crippen molar-refractivity contribution in [3.8, 4) is 34.3 Å². The SMILES string of the molecule is C[C@H]1OC(Oc2cc(O)c3c(=O)c(OC4O[C@H](CO)[C@@H](O)[C@H](O)[C@H]4O)c(-c4ccc(OC5O[C@H](CO)[C@@H](O)[C@H](O)[C@H]5O)cc4)oc3c2)[C@@H](O)[C@@H](O)[C@@H]1O. The molecular formula is C33H40O20. The van der Waals surface area contributed by atoms with Crippen LogP contribution in [0.2, 0.25) is 0 Å². The zero-order valence-electron chi connectivity index (χ0n) is 27.7. The van der Waals surface area contributed by atoms with Gasteiger partial charge in [-0.1, -0.05) is 0 Å². The molecule has 0 aliphatic carbocycles. The molecule has 6 rings (SSSR count). The second-order valence-corrected chi connectivity index (χ2v) is 12.9. The van der Waals surface area contributed by atoms with Crippen molar-refractivity contribution in [1.29, 1.82) is 0 Å². The van der Waals surface area contributed by atoms with E-state index in [2.05, 4.69) is 0 Å². The van der Waals surface area contributed by atoms with Gasteiger partial charge in [0.25, 0.3) is 0 Å². The number of hydrogen-bond acceptors (Lipinski definition) is 20. The summed E-state index contributed by atoms with van der Waals surface area (Å²) in [6.07, 6.45) is -24.0. The monoisotopic (exact) mass is 756 g/mol. The van der Waals surface area contributed by atoms with Crippen LogP contribution in [0, 0.1) is 0 Å². The van der Waals surface area contributed by atoms with Crippen molar-refractivity contribution >= 4 is 11.0 Å². The minimum Gasteiger partial charge on any atom is -0.507 e. The number of aromatic hydroxyl groups is 1. The van der Waals surface area contributed by atoms with Crippen LogP contribution in [0.25, 0.3) is 22.3 Å². The average molecular weight is 757 g/mol. The van der Waals surface area contributed by atoms with Crippen molar-refractivity contribution in [3.05, 3.63) is 46.6 Å². The first-order chi connectivity index (χ1) is 25.1. The summed E-state index contributed by atoms with van der Waals surface area (Å²) in [6, 6.07) is 7.43. The van der Waals surface area contributed by atoms with E-state index in [-0.39, 0.29) is 28.4 Å². The zero-order chi connectivity index (χ0) is 38.5. The molecule has 2 aromatic carbocycles. The molecule has 3 saturated heterocycles. The highest BCUT2D eigenvalue weighted by Crippen LogP contribution is 2.39. The van der Waals surface area contributed by atoms with Crippen LogP contribution < -0.4 is 19.6 Å². The summed E-state index contributed by atoms with van der Waals surface area (Å²) in [5.41, 5.74) is -1.28. The molecule has 0 spiro atoms. The summed E-state index contributed by atoms with van der Waals surface area (Å²) in [5, 5.41) is 122. The van der Waals surface area contributed by atoms with E-state index < -0.39 is 128 Å². The molecule has 3 aliphatic rings. The number of ether oxygens (including phenoxy) is 6. The highest BCUT2D eigenvalue weighted by molar-refractivity contribution is 5.88. The lowest BCUT2D eigenvalue weighted by molar-refractivity contribution is -0.277. The van der Waals surface area contributed by atoms with Gasteiger partial charge in [0, 0.05) is 17.7 Å². The Morgan fingerprint density at radius 1 is 0.604 bits per heavy atom. The Kier molecular flexibility index (Phi) is 11.5. The predicted molar refractivity (Wildman–Crippen MR) is 171 cm³/mol. The number of aliphatic hydroxyl groups is 11. The van der Waals surface area contributed by atoms with Crippen molar-refractivity contribution in [2.45, 2.75) is 99.0 Å². The van der Waals surface area contributed by atoms with Crippen LogP contribution in [-0.4, -0.2) is 167 Å². The molecule has 3 fully saturated rings. The summed E-state index contributed by atoms with van der Waals surface area (Å²) in [4.78, 5) is 14.0. The summed E-state index contributed by atoms with van der Waals surface area (Å²) >= 11 is 0. The van der Waals surface area contributed by atoms with Crippen molar-refractivity contribution in [2.75, 3.05) is 13.2 Å². The lowest BCUT2D eigenvalue weighted by Gasteiger charge is -2.39. The fourth-order valence-corrected chi connectivity index (χ4v) is 6.13. The Hall–Kier alpha value is -3.71. The Morgan fingerprint density at radius 2 is 1.09 bits per heavy atom. The molecule has 3 aliphatic heterocycles. The maximum Gasteiger partial charge on any atom is 0.239 e. The van der Waals surface area contributed by atoms with Crippen LogP contribution in [0.3, 0.4) is 0 Å². The highest BCUT2D eigenvalue weighted by atomic mass is 16.7. The Morgan fingerprint density at radius 3 is 1.64 bits per heavy atom. The van der Waals surface area contributed by atoms with Gasteiger partial charge in [0.15, 0.2) is 5.76 Å². The van der Waals surface area contributed by atoms with Gasteiger partial charge in [-0.15, -0.1) is 0 Å². The molecule has 0 amide bonds. The van der Waals surface area contributed by atoms with Crippen molar-refractivity contribution in [1.82, 2.24) is 0 Å². The first-order valence-electron chi connectivity index (χ1n) is 16.4. The maximum absolute atomic E-state index is 14.0. The molecule has 20 heteroatoms. The third-order valence-corrected chi connectivity index (χ3v) is 9.27. The minimum atomic E-state index is -1.95. The third-order valence-electron chi connectivity index (χ3n) is 9.27. The molecule has 3 unspecified atom stereocenters. The molecule has 0 saturated carbocycles. The van der Waals surface area contributed by atoms with Crippen LogP contribution in [-0.2, 0) is 14.2 Å². The molecular weight excluding hydrogens is 716 g/mol. The van der Waals surface area contributed by atoms with Gasteiger partial charge in [-0.3, -0.25) is 4.79 Å². The van der Waals surface area contributed by atoms with Crippen molar-refractivity contribution in [3.63, 3.8) is 0 Å². The van der Waals surface area contributed by atoms with Gasteiger partial charge >= 0.3 is 0 Å². The van der Waals surface area contributed by atoms with E-state index in [1.165, 1.54) is 31.2 Å². The Bertz CT molecular complexity index is 1780. The Labute approximate surface area is 298 Å². The standard InChI is InChI=1S/C33H40O20/c1-10-19(37)23(41)26(44)31(47-10)49-13-6-14(36)18-15(7-13)50-29(30(22(18)40)53-33-28(46)25(43)21(39)17(9-35)52-33)11-2-4-12(5-3-11)48-32-27(45)24(42)20(38)16(8-34)51-32/h2-7,10,16-17,19-21,23-28,31-39,41-46H,8-9H2,1H3/t10-,16-,17-,19-,20-,21-,23+,24+,25+,26+,27-,28-,31?,32?,33?/m1/s1. The summed E-state index contributed by atoms with van der Waals surface area (Å²) in [7, 11) is 0. The highest BCUT2D eigenvalue weighted by Gasteiger charge is 2.47. The van der Waals surface area contributed by atoms with E-state index in [4.69, 9.17) is 32.8 Å². The van der Waals surface area contributed by atoms with Crippen molar-refractivity contribution < 1.29 is 94.1 Å². The van der Waals surface area contributed by atoms with E-state index in [0.717, 1.165) is 12.1 Å². The Balaban J connectivity index is 1.38. The summed E-state index contributed by atoms with van der Waals surface area (Å²) < 4.78 is 39.3. The van der Waals surface area contributed by atoms with Gasteiger partial charge in [0.05, 0.1) is 19.3 Å². The molecule has 53 heavy (non-hydrogen) atoms. The first-order valence-corrected chi connectivity index (χ1v) is 16.4. The fraction of sp³-hybridized carbons (Fsp3) is 0.545. The van der Waals surface area contributed by atoms with Gasteiger partial charge < -0.3 is 94.1 Å². The predicted octanol–water partition coefficient (Wildman–Crippen LogP) is -4.27. The molecule has 0 bridgehead atoms. The van der Waals surface area contributed by atoms with Crippen LogP contribution in [0.1, 0.15) is 6.92 Å². The van der Waals surface area contributed by atoms with Crippen LogP contribution in [0.15, 0.2) is 45.6 Å². The number of hydrogen-bond donors (Lipinski definition) is 12. The number of fused-ring (bicyclic) bond motifs is 1. The van der Waals surface area contributed by atoms with Crippen LogP contribution in [0.4, 0.5) is 0 Å². The molecule has 20 nitrogen and oxygen atoms in total. The third kappa shape index (κ3) is 7.39. The summed E-state index contributed by atoms with van der Waals surface area (Å²) in [6.45, 7) is -0.0726. The number of rotatable bonds is 9. The van der Waals surface area contributed by atoms with Gasteiger partial charge in [-0.2, -0.15) is 0 Å². The molecule has 3 aromatic rings. The van der Waals surface area contributed by atoms with E-state index in [9.17, 15) is 66.1 Å². The van der Waals surface area contributed by atoms with Gasteiger partial charge in [0.1, 0.15) is 95.4 Å². The smallest absolute Gasteiger partial charge is 0.239 e. The lowest BCUT2D eigenvalue weighted by Crippen LogP contribution is -2.60. The number of phenolic OH excluding ortho intramolecular Hbond substituents is 1. The molecule has 0 radical (unpaired) electrons. The molecule has 4 heterocycles. The number of aliphatic hydroxyl groups excluding tert-OH is 11. The molecule has 292 valence electrons. The number of benzene rings is 2. The minimum absolute atomic E-state index is 0.0264. The second kappa shape index (κ2) is 15.6. The first kappa shape index (κ1) is 39.0. The van der Waals surface area contributed by atoms with Gasteiger partial charge in [-0.05, 0) is 31.2 Å². The summed E-state index contributed by atoms with van der Waals surface area (Å²) in [5.74, 6) is -1.95. The fourth-order valence-electron chi connectivity index (χ4n) is 6.13. The van der Waals surface area contributed by atoms with Gasteiger partial charge in [-0.25, -0.2) is 0 Å². The topological polar surface area (TPSA) is 328 Å².